The minimum atomic E-state index is -0.505. The molecule has 0 unspecified atom stereocenters. The minimum absolute atomic E-state index is 0.122. The van der Waals surface area contributed by atoms with Gasteiger partial charge in [-0.25, -0.2) is 5.48 Å². The highest BCUT2D eigenvalue weighted by Crippen LogP contribution is 2.14. The van der Waals surface area contributed by atoms with Crippen LogP contribution in [0.1, 0.15) is 34.8 Å². The van der Waals surface area contributed by atoms with E-state index in [9.17, 15) is 9.59 Å². The van der Waals surface area contributed by atoms with Crippen LogP contribution in [0.3, 0.4) is 0 Å². The molecule has 0 bridgehead atoms. The molecular formula is C12H16N2O3. The molecule has 1 aromatic rings. The molecule has 17 heavy (non-hydrogen) atoms. The van der Waals surface area contributed by atoms with E-state index in [2.05, 4.69) is 5.48 Å². The second-order valence-electron chi connectivity index (χ2n) is 3.63. The quantitative estimate of drug-likeness (QED) is 0.750. The highest BCUT2D eigenvalue weighted by atomic mass is 16.6. The maximum Gasteiger partial charge on any atom is 0.249 e. The summed E-state index contributed by atoms with van der Waals surface area (Å²) in [5, 5.41) is 0. The third-order valence-corrected chi connectivity index (χ3v) is 2.40. The van der Waals surface area contributed by atoms with Crippen molar-refractivity contribution in [3.05, 3.63) is 34.9 Å². The lowest BCUT2D eigenvalue weighted by atomic mass is 10.0. The molecule has 0 fully saturated rings. The van der Waals surface area contributed by atoms with Crippen LogP contribution in [-0.4, -0.2) is 11.8 Å². The average Bonchev–Trinajstić information content (AvgIpc) is 2.30. The van der Waals surface area contributed by atoms with Crippen molar-refractivity contribution in [2.75, 3.05) is 0 Å². The number of carbonyl (C=O) groups excluding carboxylic acids is 2. The molecule has 1 rings (SSSR count). The molecule has 0 aliphatic rings. The summed E-state index contributed by atoms with van der Waals surface area (Å²) in [6, 6.07) is 5.24. The SMILES string of the molecule is CCC(=O)NOCc1c(C)cccc1C(N)=O. The van der Waals surface area contributed by atoms with Crippen molar-refractivity contribution in [2.45, 2.75) is 26.9 Å². The van der Waals surface area contributed by atoms with Gasteiger partial charge in [0.25, 0.3) is 0 Å². The van der Waals surface area contributed by atoms with E-state index in [-0.39, 0.29) is 12.5 Å². The van der Waals surface area contributed by atoms with Crippen molar-refractivity contribution in [3.63, 3.8) is 0 Å². The standard InChI is InChI=1S/C12H16N2O3/c1-3-11(15)14-17-7-10-8(2)5-4-6-9(10)12(13)16/h4-6H,3,7H2,1-2H3,(H2,13,16)(H,14,15). The van der Waals surface area contributed by atoms with E-state index in [4.69, 9.17) is 10.6 Å². The van der Waals surface area contributed by atoms with Gasteiger partial charge in [0, 0.05) is 12.0 Å². The molecule has 0 saturated carbocycles. The minimum Gasteiger partial charge on any atom is -0.366 e. The van der Waals surface area contributed by atoms with Gasteiger partial charge in [-0.3, -0.25) is 14.4 Å². The number of hydrogen-bond acceptors (Lipinski definition) is 3. The van der Waals surface area contributed by atoms with E-state index in [0.29, 0.717) is 17.5 Å². The molecule has 2 amide bonds. The molecular weight excluding hydrogens is 220 g/mol. The fourth-order valence-corrected chi connectivity index (χ4v) is 1.39. The topological polar surface area (TPSA) is 81.4 Å². The molecule has 0 aliphatic carbocycles. The number of hydrogen-bond donors (Lipinski definition) is 2. The van der Waals surface area contributed by atoms with Gasteiger partial charge in [0.05, 0.1) is 0 Å². The van der Waals surface area contributed by atoms with E-state index < -0.39 is 5.91 Å². The number of hydroxylamine groups is 1. The summed E-state index contributed by atoms with van der Waals surface area (Å²) < 4.78 is 0. The van der Waals surface area contributed by atoms with Crippen LogP contribution < -0.4 is 11.2 Å². The van der Waals surface area contributed by atoms with Gasteiger partial charge in [-0.15, -0.1) is 0 Å². The number of benzene rings is 1. The molecule has 0 heterocycles. The van der Waals surface area contributed by atoms with Gasteiger partial charge in [0.2, 0.25) is 11.8 Å². The van der Waals surface area contributed by atoms with E-state index >= 15 is 0 Å². The molecule has 0 atom stereocenters. The zero-order chi connectivity index (χ0) is 12.8. The molecule has 0 spiro atoms. The summed E-state index contributed by atoms with van der Waals surface area (Å²) in [4.78, 5) is 27.2. The highest BCUT2D eigenvalue weighted by Gasteiger charge is 2.10. The van der Waals surface area contributed by atoms with Gasteiger partial charge in [0.15, 0.2) is 0 Å². The Balaban J connectivity index is 2.76. The van der Waals surface area contributed by atoms with E-state index in [1.54, 1.807) is 19.1 Å². The molecule has 3 N–H and O–H groups in total. The summed E-state index contributed by atoms with van der Waals surface area (Å²) in [6.45, 7) is 3.70. The third-order valence-electron chi connectivity index (χ3n) is 2.40. The van der Waals surface area contributed by atoms with Crippen LogP contribution >= 0.6 is 0 Å². The molecule has 0 radical (unpaired) electrons. The lowest BCUT2D eigenvalue weighted by molar-refractivity contribution is -0.134. The second kappa shape index (κ2) is 6.00. The Bertz CT molecular complexity index is 430. The number of nitrogens with one attached hydrogen (secondary N) is 1. The largest absolute Gasteiger partial charge is 0.366 e. The monoisotopic (exact) mass is 236 g/mol. The number of aryl methyl sites for hydroxylation is 1. The van der Waals surface area contributed by atoms with Crippen molar-refractivity contribution < 1.29 is 14.4 Å². The lowest BCUT2D eigenvalue weighted by Crippen LogP contribution is -2.23. The number of primary amides is 1. The smallest absolute Gasteiger partial charge is 0.249 e. The van der Waals surface area contributed by atoms with Gasteiger partial charge in [-0.05, 0) is 24.1 Å². The maximum atomic E-state index is 11.2. The van der Waals surface area contributed by atoms with Crippen molar-refractivity contribution in [3.8, 4) is 0 Å². The Morgan fingerprint density at radius 3 is 2.71 bits per heavy atom. The van der Waals surface area contributed by atoms with Gasteiger partial charge < -0.3 is 5.73 Å². The summed E-state index contributed by atoms with van der Waals surface area (Å²) in [6.07, 6.45) is 0.344. The molecule has 5 heteroatoms. The van der Waals surface area contributed by atoms with Gasteiger partial charge in [-0.1, -0.05) is 19.1 Å². The van der Waals surface area contributed by atoms with Crippen molar-refractivity contribution in [2.24, 2.45) is 5.73 Å². The fourth-order valence-electron chi connectivity index (χ4n) is 1.39. The van der Waals surface area contributed by atoms with Crippen molar-refractivity contribution >= 4 is 11.8 Å². The summed E-state index contributed by atoms with van der Waals surface area (Å²) in [5.41, 5.74) is 9.54. The first-order chi connectivity index (χ1) is 8.06. The molecule has 0 aromatic heterocycles. The van der Waals surface area contributed by atoms with Crippen molar-refractivity contribution in [1.29, 1.82) is 0 Å². The lowest BCUT2D eigenvalue weighted by Gasteiger charge is -2.10. The van der Waals surface area contributed by atoms with E-state index in [0.717, 1.165) is 5.56 Å². The normalized spacial score (nSPS) is 10.0. The summed E-state index contributed by atoms with van der Waals surface area (Å²) in [5.74, 6) is -0.715. The number of nitrogens with two attached hydrogens (primary N) is 1. The molecule has 1 aromatic carbocycles. The summed E-state index contributed by atoms with van der Waals surface area (Å²) >= 11 is 0. The molecule has 0 aliphatic heterocycles. The van der Waals surface area contributed by atoms with Crippen LogP contribution in [0.5, 0.6) is 0 Å². The first kappa shape index (κ1) is 13.2. The summed E-state index contributed by atoms with van der Waals surface area (Å²) in [7, 11) is 0. The first-order valence-corrected chi connectivity index (χ1v) is 5.35. The van der Waals surface area contributed by atoms with Gasteiger partial charge in [-0.2, -0.15) is 0 Å². The zero-order valence-corrected chi connectivity index (χ0v) is 9.95. The van der Waals surface area contributed by atoms with E-state index in [1.165, 1.54) is 0 Å². The predicted molar refractivity (Wildman–Crippen MR) is 62.9 cm³/mol. The Labute approximate surface area is 99.9 Å². The average molecular weight is 236 g/mol. The van der Waals surface area contributed by atoms with Gasteiger partial charge in [0.1, 0.15) is 6.61 Å². The van der Waals surface area contributed by atoms with E-state index in [1.807, 2.05) is 13.0 Å². The zero-order valence-electron chi connectivity index (χ0n) is 9.95. The maximum absolute atomic E-state index is 11.2. The first-order valence-electron chi connectivity index (χ1n) is 5.35. The third kappa shape index (κ3) is 3.57. The second-order valence-corrected chi connectivity index (χ2v) is 3.63. The fraction of sp³-hybridized carbons (Fsp3) is 0.333. The predicted octanol–water partition coefficient (Wildman–Crippen LogP) is 1.05. The Morgan fingerprint density at radius 1 is 1.41 bits per heavy atom. The Hall–Kier alpha value is -1.88. The van der Waals surface area contributed by atoms with Crippen LogP contribution in [0.15, 0.2) is 18.2 Å². The molecule has 5 nitrogen and oxygen atoms in total. The highest BCUT2D eigenvalue weighted by molar-refractivity contribution is 5.94. The Morgan fingerprint density at radius 2 is 2.12 bits per heavy atom. The van der Waals surface area contributed by atoms with Crippen LogP contribution in [-0.2, 0) is 16.2 Å². The number of rotatable bonds is 5. The number of amides is 2. The van der Waals surface area contributed by atoms with Crippen molar-refractivity contribution in [1.82, 2.24) is 5.48 Å². The van der Waals surface area contributed by atoms with Crippen LogP contribution in [0, 0.1) is 6.92 Å². The van der Waals surface area contributed by atoms with Crippen LogP contribution in [0.2, 0.25) is 0 Å². The van der Waals surface area contributed by atoms with Gasteiger partial charge >= 0.3 is 0 Å². The van der Waals surface area contributed by atoms with Crippen LogP contribution in [0.4, 0.5) is 0 Å². The molecule has 0 saturated heterocycles. The Kier molecular flexibility index (Phi) is 4.66. The van der Waals surface area contributed by atoms with Crippen LogP contribution in [0.25, 0.3) is 0 Å². The molecule has 92 valence electrons. The number of carbonyl (C=O) groups is 2.